The van der Waals surface area contributed by atoms with E-state index in [4.69, 9.17) is 32.7 Å². The third-order valence-electron chi connectivity index (χ3n) is 5.13. The molecular weight excluding hydrogens is 598 g/mol. The number of ether oxygens (including phenoxy) is 2. The normalized spacial score (nSPS) is 11.1. The van der Waals surface area contributed by atoms with Gasteiger partial charge in [0.2, 0.25) is 0 Å². The molecule has 178 valence electrons. The van der Waals surface area contributed by atoms with E-state index in [1.165, 1.54) is 0 Å². The molecule has 0 bridgehead atoms. The van der Waals surface area contributed by atoms with Crippen LogP contribution in [0.4, 0.5) is 0 Å². The van der Waals surface area contributed by atoms with E-state index in [0.717, 1.165) is 25.5 Å². The predicted octanol–water partition coefficient (Wildman–Crippen LogP) is 7.49. The average molecular weight is 619 g/mol. The molecule has 35 heavy (non-hydrogen) atoms. The fourth-order valence-corrected chi connectivity index (χ4v) is 4.75. The molecule has 0 aromatic heterocycles. The Hall–Kier alpha value is -2.81. The van der Waals surface area contributed by atoms with Crippen molar-refractivity contribution < 1.29 is 14.3 Å². The zero-order chi connectivity index (χ0) is 24.8. The van der Waals surface area contributed by atoms with Gasteiger partial charge in [0.1, 0.15) is 6.61 Å². The first-order chi connectivity index (χ1) is 17.0. The lowest BCUT2D eigenvalue weighted by atomic mass is 10.0. The van der Waals surface area contributed by atoms with Crippen molar-refractivity contribution >= 4 is 68.7 Å². The maximum absolute atomic E-state index is 12.7. The van der Waals surface area contributed by atoms with Gasteiger partial charge in [-0.15, -0.1) is 0 Å². The number of hydrogen-bond donors (Lipinski definition) is 1. The fourth-order valence-electron chi connectivity index (χ4n) is 3.50. The van der Waals surface area contributed by atoms with Gasteiger partial charge < -0.3 is 9.47 Å². The maximum atomic E-state index is 12.7. The molecule has 0 heterocycles. The van der Waals surface area contributed by atoms with Gasteiger partial charge in [0, 0.05) is 21.2 Å². The Bertz CT molecular complexity index is 1400. The Morgan fingerprint density at radius 2 is 1.83 bits per heavy atom. The van der Waals surface area contributed by atoms with E-state index in [1.54, 1.807) is 24.4 Å². The molecule has 0 aliphatic heterocycles. The van der Waals surface area contributed by atoms with Gasteiger partial charge in [-0.05, 0) is 76.2 Å². The van der Waals surface area contributed by atoms with E-state index in [1.807, 2.05) is 61.5 Å². The summed E-state index contributed by atoms with van der Waals surface area (Å²) in [5, 5.41) is 7.13. The number of benzene rings is 4. The lowest BCUT2D eigenvalue weighted by Gasteiger charge is -2.15. The van der Waals surface area contributed by atoms with Crippen molar-refractivity contribution in [3.05, 3.63) is 103 Å². The average Bonchev–Trinajstić information content (AvgIpc) is 2.84. The van der Waals surface area contributed by atoms with Gasteiger partial charge in [0.25, 0.3) is 5.91 Å². The first kappa shape index (κ1) is 25.3. The predicted molar refractivity (Wildman–Crippen MR) is 150 cm³/mol. The van der Waals surface area contributed by atoms with Gasteiger partial charge >= 0.3 is 0 Å². The van der Waals surface area contributed by atoms with Crippen LogP contribution in [0.1, 0.15) is 28.4 Å². The number of carbonyl (C=O) groups is 1. The summed E-state index contributed by atoms with van der Waals surface area (Å²) in [6, 6.07) is 22.3. The number of carbonyl (C=O) groups excluding carboxylic acids is 1. The van der Waals surface area contributed by atoms with Crippen LogP contribution in [0.5, 0.6) is 11.5 Å². The summed E-state index contributed by atoms with van der Waals surface area (Å²) < 4.78 is 12.7. The van der Waals surface area contributed by atoms with Gasteiger partial charge in [0.05, 0.1) is 16.4 Å². The van der Waals surface area contributed by atoms with Crippen molar-refractivity contribution in [2.45, 2.75) is 13.5 Å². The number of nitrogens with zero attached hydrogens (tertiary/aromatic N) is 1. The van der Waals surface area contributed by atoms with Gasteiger partial charge in [-0.2, -0.15) is 5.10 Å². The molecule has 0 aliphatic carbocycles. The molecule has 4 aromatic rings. The van der Waals surface area contributed by atoms with Crippen LogP contribution in [0.3, 0.4) is 0 Å². The maximum Gasteiger partial charge on any atom is 0.271 e. The molecular formula is C27H21Cl2IN2O3. The summed E-state index contributed by atoms with van der Waals surface area (Å²) in [5.41, 5.74) is 4.75. The second kappa shape index (κ2) is 11.7. The molecule has 0 aliphatic rings. The molecule has 0 radical (unpaired) electrons. The smallest absolute Gasteiger partial charge is 0.271 e. The van der Waals surface area contributed by atoms with E-state index >= 15 is 0 Å². The van der Waals surface area contributed by atoms with Crippen LogP contribution in [-0.2, 0) is 6.61 Å². The summed E-state index contributed by atoms with van der Waals surface area (Å²) >= 11 is 14.4. The minimum Gasteiger partial charge on any atom is -0.490 e. The van der Waals surface area contributed by atoms with Crippen LogP contribution in [0.15, 0.2) is 77.9 Å². The second-order valence-corrected chi connectivity index (χ2v) is 9.52. The molecule has 0 spiro atoms. The minimum absolute atomic E-state index is 0.264. The van der Waals surface area contributed by atoms with Gasteiger partial charge in [-0.1, -0.05) is 65.7 Å². The summed E-state index contributed by atoms with van der Waals surface area (Å²) in [4.78, 5) is 12.7. The summed E-state index contributed by atoms with van der Waals surface area (Å²) in [7, 11) is 0. The second-order valence-electron chi connectivity index (χ2n) is 7.51. The van der Waals surface area contributed by atoms with E-state index in [0.29, 0.717) is 33.7 Å². The van der Waals surface area contributed by atoms with E-state index in [2.05, 4.69) is 33.1 Å². The summed E-state index contributed by atoms with van der Waals surface area (Å²) in [5.74, 6) is 0.902. The van der Waals surface area contributed by atoms with Crippen LogP contribution >= 0.6 is 45.8 Å². The molecule has 0 unspecified atom stereocenters. The van der Waals surface area contributed by atoms with Crippen LogP contribution < -0.4 is 14.9 Å². The van der Waals surface area contributed by atoms with E-state index in [9.17, 15) is 4.79 Å². The van der Waals surface area contributed by atoms with Crippen molar-refractivity contribution in [3.63, 3.8) is 0 Å². The SMILES string of the molecule is CCOc1cc(/C=N/NC(=O)c2cccc3ccccc23)cc(I)c1OCc1ccc(Cl)cc1Cl. The fraction of sp³-hybridized carbons (Fsp3) is 0.111. The number of rotatable bonds is 8. The van der Waals surface area contributed by atoms with Crippen LogP contribution in [-0.4, -0.2) is 18.7 Å². The van der Waals surface area contributed by atoms with Gasteiger partial charge in [0.15, 0.2) is 11.5 Å². The van der Waals surface area contributed by atoms with Crippen molar-refractivity contribution in [2.75, 3.05) is 6.61 Å². The number of hydrogen-bond acceptors (Lipinski definition) is 4. The Morgan fingerprint density at radius 3 is 2.63 bits per heavy atom. The van der Waals surface area contributed by atoms with Crippen molar-refractivity contribution in [1.82, 2.24) is 5.43 Å². The number of halogens is 3. The molecule has 0 atom stereocenters. The Labute approximate surface area is 227 Å². The minimum atomic E-state index is -0.280. The third-order valence-corrected chi connectivity index (χ3v) is 6.52. The zero-order valence-corrected chi connectivity index (χ0v) is 22.4. The van der Waals surface area contributed by atoms with E-state index < -0.39 is 0 Å². The first-order valence-corrected chi connectivity index (χ1v) is 12.6. The number of amides is 1. The van der Waals surface area contributed by atoms with Crippen LogP contribution in [0.25, 0.3) is 10.8 Å². The summed E-state index contributed by atoms with van der Waals surface area (Å²) in [6.45, 7) is 2.63. The van der Waals surface area contributed by atoms with Crippen molar-refractivity contribution in [1.29, 1.82) is 0 Å². The highest BCUT2D eigenvalue weighted by molar-refractivity contribution is 14.1. The number of nitrogens with one attached hydrogen (secondary N) is 1. The topological polar surface area (TPSA) is 59.9 Å². The van der Waals surface area contributed by atoms with Gasteiger partial charge in [-0.25, -0.2) is 5.43 Å². The highest BCUT2D eigenvalue weighted by atomic mass is 127. The molecule has 0 saturated carbocycles. The van der Waals surface area contributed by atoms with Crippen LogP contribution in [0.2, 0.25) is 10.0 Å². The quantitative estimate of drug-likeness (QED) is 0.126. The first-order valence-electron chi connectivity index (χ1n) is 10.8. The molecule has 1 amide bonds. The Morgan fingerprint density at radius 1 is 1.03 bits per heavy atom. The molecule has 5 nitrogen and oxygen atoms in total. The largest absolute Gasteiger partial charge is 0.490 e. The molecule has 4 rings (SSSR count). The number of fused-ring (bicyclic) bond motifs is 1. The molecule has 4 aromatic carbocycles. The molecule has 0 fully saturated rings. The monoisotopic (exact) mass is 618 g/mol. The highest BCUT2D eigenvalue weighted by Gasteiger charge is 2.14. The highest BCUT2D eigenvalue weighted by Crippen LogP contribution is 2.35. The molecule has 1 N–H and O–H groups in total. The van der Waals surface area contributed by atoms with Crippen LogP contribution in [0, 0.1) is 3.57 Å². The summed E-state index contributed by atoms with van der Waals surface area (Å²) in [6.07, 6.45) is 1.58. The third kappa shape index (κ3) is 6.25. The van der Waals surface area contributed by atoms with Crippen molar-refractivity contribution in [2.24, 2.45) is 5.10 Å². The standard InChI is InChI=1S/C27H21Cl2IN2O3/c1-2-34-25-13-17(12-24(30)26(25)35-16-19-10-11-20(28)14-23(19)29)15-31-32-27(33)22-9-5-7-18-6-3-4-8-21(18)22/h3-15H,2,16H2,1H3,(H,32,33)/b31-15+. The van der Waals surface area contributed by atoms with E-state index in [-0.39, 0.29) is 12.5 Å². The Kier molecular flexibility index (Phi) is 8.49. The lowest BCUT2D eigenvalue weighted by Crippen LogP contribution is -2.18. The van der Waals surface area contributed by atoms with Crippen molar-refractivity contribution in [3.8, 4) is 11.5 Å². The van der Waals surface area contributed by atoms with Gasteiger partial charge in [-0.3, -0.25) is 4.79 Å². The zero-order valence-electron chi connectivity index (χ0n) is 18.7. The lowest BCUT2D eigenvalue weighted by molar-refractivity contribution is 0.0957. The molecule has 8 heteroatoms. The molecule has 0 saturated heterocycles. The Balaban J connectivity index is 1.50. The number of hydrazone groups is 1.